The van der Waals surface area contributed by atoms with Gasteiger partial charge in [-0.05, 0) is 38.5 Å². The normalized spacial score (nSPS) is 13.8. The Labute approximate surface area is 326 Å². The minimum absolute atomic E-state index is 0.0316. The zero-order valence-corrected chi connectivity index (χ0v) is 35.9. The number of unbranched alkanes of at least 4 members (excludes halogenated alkanes) is 22. The Kier molecular flexibility index (Phi) is 35.1. The van der Waals surface area contributed by atoms with Gasteiger partial charge < -0.3 is 27.9 Å². The lowest BCUT2D eigenvalue weighted by molar-refractivity contribution is -0.870. The average molecular weight is 772 g/mol. The fraction of sp³-hybridized carbons (Fsp3) is 0.860. The van der Waals surface area contributed by atoms with Gasteiger partial charge in [0.05, 0.1) is 27.7 Å². The van der Waals surface area contributed by atoms with Gasteiger partial charge in [0.25, 0.3) is 7.82 Å². The van der Waals surface area contributed by atoms with Gasteiger partial charge in [-0.15, -0.1) is 0 Å². The van der Waals surface area contributed by atoms with E-state index in [1.807, 2.05) is 21.1 Å². The van der Waals surface area contributed by atoms with Gasteiger partial charge in [0.2, 0.25) is 0 Å². The van der Waals surface area contributed by atoms with Crippen molar-refractivity contribution in [1.29, 1.82) is 0 Å². The molecule has 2 atom stereocenters. The molecule has 0 rings (SSSR count). The van der Waals surface area contributed by atoms with E-state index in [0.29, 0.717) is 23.9 Å². The summed E-state index contributed by atoms with van der Waals surface area (Å²) in [6, 6.07) is 0. The molecule has 0 N–H and O–H groups in total. The second kappa shape index (κ2) is 36.1. The highest BCUT2D eigenvalue weighted by molar-refractivity contribution is 7.45. The molecule has 312 valence electrons. The SMILES string of the molecule is CCCCCC/C=C/C=C/CCCCCCCC(=O)OC[C@H](COP(=O)([O-])OCC[N+](C)(C)C)OC(=O)CCCCCCCCCCCCCCCC. The summed E-state index contributed by atoms with van der Waals surface area (Å²) < 4.78 is 33.8. The van der Waals surface area contributed by atoms with E-state index in [1.54, 1.807) is 0 Å². The van der Waals surface area contributed by atoms with E-state index in [1.165, 1.54) is 96.3 Å². The molecule has 0 spiro atoms. The molecule has 1 unspecified atom stereocenters. The van der Waals surface area contributed by atoms with Crippen molar-refractivity contribution in [2.45, 2.75) is 193 Å². The van der Waals surface area contributed by atoms with Crippen molar-refractivity contribution in [2.24, 2.45) is 0 Å². The topological polar surface area (TPSA) is 111 Å². The fourth-order valence-corrected chi connectivity index (χ4v) is 6.55. The quantitative estimate of drug-likeness (QED) is 0.0200. The van der Waals surface area contributed by atoms with E-state index in [0.717, 1.165) is 51.4 Å². The van der Waals surface area contributed by atoms with Crippen LogP contribution in [0.1, 0.15) is 187 Å². The van der Waals surface area contributed by atoms with Crippen LogP contribution in [0.25, 0.3) is 0 Å². The minimum atomic E-state index is -4.62. The summed E-state index contributed by atoms with van der Waals surface area (Å²) in [6.45, 7) is 4.20. The molecule has 0 radical (unpaired) electrons. The number of carbonyl (C=O) groups is 2. The molecule has 0 bridgehead atoms. The predicted molar refractivity (Wildman–Crippen MR) is 218 cm³/mol. The lowest BCUT2D eigenvalue weighted by Crippen LogP contribution is -2.37. The number of phosphoric ester groups is 1. The first-order chi connectivity index (χ1) is 25.5. The third kappa shape index (κ3) is 40.0. The Morgan fingerprint density at radius 3 is 1.47 bits per heavy atom. The third-order valence-corrected chi connectivity index (χ3v) is 10.2. The van der Waals surface area contributed by atoms with Crippen molar-refractivity contribution in [3.05, 3.63) is 24.3 Å². The number of carbonyl (C=O) groups excluding carboxylic acids is 2. The van der Waals surface area contributed by atoms with Crippen molar-refractivity contribution >= 4 is 19.8 Å². The number of rotatable bonds is 39. The third-order valence-electron chi connectivity index (χ3n) is 9.25. The van der Waals surface area contributed by atoms with E-state index < -0.39 is 32.5 Å². The Balaban J connectivity index is 4.39. The largest absolute Gasteiger partial charge is 0.756 e. The van der Waals surface area contributed by atoms with Crippen molar-refractivity contribution in [3.63, 3.8) is 0 Å². The van der Waals surface area contributed by atoms with Crippen molar-refractivity contribution in [1.82, 2.24) is 0 Å². The van der Waals surface area contributed by atoms with Crippen LogP contribution >= 0.6 is 7.82 Å². The zero-order chi connectivity index (χ0) is 39.3. The van der Waals surface area contributed by atoms with Crippen LogP contribution in [-0.2, 0) is 32.7 Å². The van der Waals surface area contributed by atoms with E-state index in [2.05, 4.69) is 38.2 Å². The number of quaternary nitrogens is 1. The van der Waals surface area contributed by atoms with Crippen LogP contribution in [-0.4, -0.2) is 70.0 Å². The minimum Gasteiger partial charge on any atom is -0.756 e. The van der Waals surface area contributed by atoms with Gasteiger partial charge in [0, 0.05) is 12.8 Å². The Morgan fingerprint density at radius 2 is 1.00 bits per heavy atom. The summed E-state index contributed by atoms with van der Waals surface area (Å²) in [5.74, 6) is -0.847. The number of allylic oxidation sites excluding steroid dienone is 4. The number of likely N-dealkylation sites (N-methyl/N-ethyl adjacent to an activating group) is 1. The first-order valence-electron chi connectivity index (χ1n) is 21.6. The molecule has 0 saturated heterocycles. The number of nitrogens with zero attached hydrogens (tertiary/aromatic N) is 1. The highest BCUT2D eigenvalue weighted by Crippen LogP contribution is 2.38. The van der Waals surface area contributed by atoms with Crippen LogP contribution in [0.15, 0.2) is 24.3 Å². The average Bonchev–Trinajstić information content (AvgIpc) is 3.10. The number of ether oxygens (including phenoxy) is 2. The molecule has 0 amide bonds. The molecule has 0 aliphatic rings. The molecule has 0 saturated carbocycles. The maximum atomic E-state index is 12.6. The molecule has 0 aromatic rings. The van der Waals surface area contributed by atoms with Gasteiger partial charge in [-0.3, -0.25) is 14.2 Å². The van der Waals surface area contributed by atoms with Gasteiger partial charge in [0.1, 0.15) is 19.8 Å². The fourth-order valence-electron chi connectivity index (χ4n) is 5.82. The summed E-state index contributed by atoms with van der Waals surface area (Å²) in [7, 11) is 1.16. The maximum absolute atomic E-state index is 12.6. The molecular formula is C43H82NO8P. The van der Waals surface area contributed by atoms with Crippen LogP contribution in [0, 0.1) is 0 Å². The molecular weight excluding hydrogens is 689 g/mol. The monoisotopic (exact) mass is 772 g/mol. The van der Waals surface area contributed by atoms with Gasteiger partial charge in [-0.25, -0.2) is 0 Å². The molecule has 9 nitrogen and oxygen atoms in total. The molecule has 0 aliphatic heterocycles. The van der Waals surface area contributed by atoms with E-state index in [4.69, 9.17) is 18.5 Å². The van der Waals surface area contributed by atoms with Crippen LogP contribution in [0.3, 0.4) is 0 Å². The maximum Gasteiger partial charge on any atom is 0.306 e. The molecule has 0 heterocycles. The second-order valence-electron chi connectivity index (χ2n) is 15.7. The summed E-state index contributed by atoms with van der Waals surface area (Å²) >= 11 is 0. The first-order valence-corrected chi connectivity index (χ1v) is 23.0. The molecule has 10 heteroatoms. The molecule has 0 aromatic carbocycles. The Bertz CT molecular complexity index is 964. The lowest BCUT2D eigenvalue weighted by Gasteiger charge is -2.28. The molecule has 0 aromatic heterocycles. The standard InChI is InChI=1S/C43H82NO8P/c1-6-8-10-12-14-16-18-20-22-24-25-27-29-31-33-35-42(45)49-39-41(40-51-53(47,48)50-38-37-44(3,4)5)52-43(46)36-34-32-30-28-26-23-21-19-17-15-13-11-9-7-2/h16,18,20,22,41H,6-15,17,19,21,23-40H2,1-5H3/b18-16+,22-20+/t41-/m1/s1. The van der Waals surface area contributed by atoms with Crippen LogP contribution in [0.5, 0.6) is 0 Å². The van der Waals surface area contributed by atoms with Crippen molar-refractivity contribution in [2.75, 3.05) is 47.5 Å². The van der Waals surface area contributed by atoms with E-state index in [9.17, 15) is 19.0 Å². The molecule has 53 heavy (non-hydrogen) atoms. The summed E-state index contributed by atoms with van der Waals surface area (Å²) in [6.07, 6.45) is 37.7. The molecule has 0 fully saturated rings. The van der Waals surface area contributed by atoms with Gasteiger partial charge in [0.15, 0.2) is 6.10 Å². The first kappa shape index (κ1) is 51.5. The number of phosphoric acid groups is 1. The van der Waals surface area contributed by atoms with E-state index in [-0.39, 0.29) is 26.1 Å². The molecule has 0 aliphatic carbocycles. The highest BCUT2D eigenvalue weighted by Gasteiger charge is 2.21. The summed E-state index contributed by atoms with van der Waals surface area (Å²) in [5.41, 5.74) is 0. The summed E-state index contributed by atoms with van der Waals surface area (Å²) in [4.78, 5) is 37.5. The number of hydrogen-bond donors (Lipinski definition) is 0. The van der Waals surface area contributed by atoms with Crippen molar-refractivity contribution < 1.29 is 42.1 Å². The smallest absolute Gasteiger partial charge is 0.306 e. The second-order valence-corrected chi connectivity index (χ2v) is 17.2. The predicted octanol–water partition coefficient (Wildman–Crippen LogP) is 11.3. The summed E-state index contributed by atoms with van der Waals surface area (Å²) in [5, 5.41) is 0. The van der Waals surface area contributed by atoms with Crippen molar-refractivity contribution in [3.8, 4) is 0 Å². The highest BCUT2D eigenvalue weighted by atomic mass is 31.2. The Morgan fingerprint density at radius 1 is 0.585 bits per heavy atom. The zero-order valence-electron chi connectivity index (χ0n) is 35.0. The van der Waals surface area contributed by atoms with Gasteiger partial charge in [-0.2, -0.15) is 0 Å². The van der Waals surface area contributed by atoms with Gasteiger partial charge >= 0.3 is 11.9 Å². The van der Waals surface area contributed by atoms with Crippen LogP contribution < -0.4 is 4.89 Å². The van der Waals surface area contributed by atoms with Gasteiger partial charge in [-0.1, -0.05) is 160 Å². The van der Waals surface area contributed by atoms with Crippen LogP contribution in [0.4, 0.5) is 0 Å². The lowest BCUT2D eigenvalue weighted by atomic mass is 10.0. The number of hydrogen-bond acceptors (Lipinski definition) is 8. The van der Waals surface area contributed by atoms with E-state index >= 15 is 0 Å². The number of esters is 2. The Hall–Kier alpha value is -1.51. The van der Waals surface area contributed by atoms with Crippen LogP contribution in [0.2, 0.25) is 0 Å².